The highest BCUT2D eigenvalue weighted by molar-refractivity contribution is 6.11. The summed E-state index contributed by atoms with van der Waals surface area (Å²) in [5.41, 5.74) is 0.108. The molecule has 0 saturated heterocycles. The van der Waals surface area contributed by atoms with Gasteiger partial charge < -0.3 is 4.74 Å². The van der Waals surface area contributed by atoms with E-state index in [1.54, 1.807) is 13.0 Å². The molecule has 0 spiro atoms. The van der Waals surface area contributed by atoms with Gasteiger partial charge in [-0.05, 0) is 39.7 Å². The third-order valence-electron chi connectivity index (χ3n) is 2.73. The molecule has 0 amide bonds. The number of rotatable bonds is 4. The van der Waals surface area contributed by atoms with Gasteiger partial charge in [0.2, 0.25) is 0 Å². The maximum Gasteiger partial charge on any atom is 0.320 e. The molecule has 1 unspecified atom stereocenters. The van der Waals surface area contributed by atoms with Crippen LogP contribution in [0.1, 0.15) is 33.6 Å². The minimum Gasteiger partial charge on any atom is -0.465 e. The Morgan fingerprint density at radius 2 is 2.25 bits per heavy atom. The number of allylic oxidation sites excluding steroid dienone is 4. The number of hydrogen-bond acceptors (Lipinski definition) is 3. The van der Waals surface area contributed by atoms with E-state index in [0.29, 0.717) is 19.4 Å². The Kier molecular flexibility index (Phi) is 4.05. The maximum absolute atomic E-state index is 11.9. The van der Waals surface area contributed by atoms with Gasteiger partial charge in [-0.15, -0.1) is 0 Å². The van der Waals surface area contributed by atoms with Crippen LogP contribution in [0.3, 0.4) is 0 Å². The largest absolute Gasteiger partial charge is 0.465 e. The van der Waals surface area contributed by atoms with Crippen LogP contribution in [0.5, 0.6) is 0 Å². The van der Waals surface area contributed by atoms with Gasteiger partial charge in [0.25, 0.3) is 0 Å². The highest BCUT2D eigenvalue weighted by atomic mass is 16.5. The fourth-order valence-electron chi connectivity index (χ4n) is 1.73. The van der Waals surface area contributed by atoms with Crippen LogP contribution >= 0.6 is 0 Å². The number of carbonyl (C=O) groups is 2. The van der Waals surface area contributed by atoms with Gasteiger partial charge in [0.1, 0.15) is 5.41 Å². The summed E-state index contributed by atoms with van der Waals surface area (Å²) >= 11 is 0. The van der Waals surface area contributed by atoms with Gasteiger partial charge >= 0.3 is 5.97 Å². The van der Waals surface area contributed by atoms with Crippen LogP contribution in [-0.2, 0) is 14.3 Å². The first kappa shape index (κ1) is 12.7. The summed E-state index contributed by atoms with van der Waals surface area (Å²) in [6.07, 6.45) is 6.03. The standard InChI is InChI=1S/C13H18O3/c1-4-16-12(15)13(9-7-10(2)3)8-5-6-11(13)14/h5-7H,4,8-9H2,1-3H3. The van der Waals surface area contributed by atoms with Crippen LogP contribution in [-0.4, -0.2) is 18.4 Å². The second-order valence-electron chi connectivity index (χ2n) is 4.26. The summed E-state index contributed by atoms with van der Waals surface area (Å²) in [5.74, 6) is -0.536. The first-order valence-electron chi connectivity index (χ1n) is 5.54. The van der Waals surface area contributed by atoms with Crippen LogP contribution < -0.4 is 0 Å². The van der Waals surface area contributed by atoms with E-state index in [2.05, 4.69) is 0 Å². The summed E-state index contributed by atoms with van der Waals surface area (Å²) in [7, 11) is 0. The van der Waals surface area contributed by atoms with Crippen molar-refractivity contribution in [1.29, 1.82) is 0 Å². The van der Waals surface area contributed by atoms with Crippen molar-refractivity contribution in [1.82, 2.24) is 0 Å². The summed E-state index contributed by atoms with van der Waals surface area (Å²) in [4.78, 5) is 23.7. The summed E-state index contributed by atoms with van der Waals surface area (Å²) in [6, 6.07) is 0. The molecule has 0 heterocycles. The monoisotopic (exact) mass is 222 g/mol. The van der Waals surface area contributed by atoms with E-state index in [0.717, 1.165) is 5.57 Å². The molecule has 3 heteroatoms. The first-order chi connectivity index (χ1) is 7.53. The number of ketones is 1. The minimum absolute atomic E-state index is 0.136. The van der Waals surface area contributed by atoms with Crippen molar-refractivity contribution >= 4 is 11.8 Å². The Balaban J connectivity index is 2.90. The van der Waals surface area contributed by atoms with Crippen molar-refractivity contribution < 1.29 is 14.3 Å². The second kappa shape index (κ2) is 5.10. The molecule has 0 aromatic heterocycles. The molecule has 0 aromatic carbocycles. The van der Waals surface area contributed by atoms with E-state index in [-0.39, 0.29) is 5.78 Å². The Morgan fingerprint density at radius 3 is 2.69 bits per heavy atom. The summed E-state index contributed by atoms with van der Waals surface area (Å²) in [5, 5.41) is 0. The zero-order chi connectivity index (χ0) is 12.2. The van der Waals surface area contributed by atoms with E-state index in [1.165, 1.54) is 6.08 Å². The van der Waals surface area contributed by atoms with Crippen molar-refractivity contribution in [3.05, 3.63) is 23.8 Å². The maximum atomic E-state index is 11.9. The van der Waals surface area contributed by atoms with Gasteiger partial charge in [-0.1, -0.05) is 17.7 Å². The van der Waals surface area contributed by atoms with Gasteiger partial charge in [0.15, 0.2) is 5.78 Å². The molecule has 0 fully saturated rings. The molecule has 0 saturated carbocycles. The molecular formula is C13H18O3. The third kappa shape index (κ3) is 2.40. The van der Waals surface area contributed by atoms with Gasteiger partial charge in [0.05, 0.1) is 6.61 Å². The van der Waals surface area contributed by atoms with Gasteiger partial charge in [0, 0.05) is 0 Å². The lowest BCUT2D eigenvalue weighted by molar-refractivity contribution is -0.157. The Bertz CT molecular complexity index is 348. The molecule has 0 aromatic rings. The molecule has 0 radical (unpaired) electrons. The number of hydrogen-bond donors (Lipinski definition) is 0. The van der Waals surface area contributed by atoms with E-state index in [1.807, 2.05) is 19.9 Å². The van der Waals surface area contributed by atoms with Gasteiger partial charge in [-0.25, -0.2) is 0 Å². The Morgan fingerprint density at radius 1 is 1.56 bits per heavy atom. The molecule has 1 aliphatic carbocycles. The van der Waals surface area contributed by atoms with Crippen molar-refractivity contribution in [3.63, 3.8) is 0 Å². The van der Waals surface area contributed by atoms with E-state index >= 15 is 0 Å². The van der Waals surface area contributed by atoms with Crippen LogP contribution in [0, 0.1) is 5.41 Å². The Hall–Kier alpha value is -1.38. The van der Waals surface area contributed by atoms with Crippen LogP contribution in [0.4, 0.5) is 0 Å². The molecule has 16 heavy (non-hydrogen) atoms. The lowest BCUT2D eigenvalue weighted by Gasteiger charge is -2.23. The summed E-state index contributed by atoms with van der Waals surface area (Å²) < 4.78 is 5.00. The lowest BCUT2D eigenvalue weighted by atomic mass is 9.80. The quantitative estimate of drug-likeness (QED) is 0.417. The predicted octanol–water partition coefficient (Wildman–Crippen LogP) is 2.42. The van der Waals surface area contributed by atoms with Crippen molar-refractivity contribution in [2.75, 3.05) is 6.61 Å². The zero-order valence-electron chi connectivity index (χ0n) is 10.1. The average Bonchev–Trinajstić information content (AvgIpc) is 2.58. The van der Waals surface area contributed by atoms with Crippen molar-refractivity contribution in [2.45, 2.75) is 33.6 Å². The summed E-state index contributed by atoms with van der Waals surface area (Å²) in [6.45, 7) is 5.96. The Labute approximate surface area is 96.2 Å². The molecule has 0 bridgehead atoms. The third-order valence-corrected chi connectivity index (χ3v) is 2.73. The molecule has 0 N–H and O–H groups in total. The number of carbonyl (C=O) groups excluding carboxylic acids is 2. The first-order valence-corrected chi connectivity index (χ1v) is 5.54. The van der Waals surface area contributed by atoms with Crippen LogP contribution in [0.15, 0.2) is 23.8 Å². The van der Waals surface area contributed by atoms with Crippen molar-refractivity contribution in [2.24, 2.45) is 5.41 Å². The van der Waals surface area contributed by atoms with E-state index in [9.17, 15) is 9.59 Å². The minimum atomic E-state index is -0.993. The second-order valence-corrected chi connectivity index (χ2v) is 4.26. The molecule has 1 aliphatic rings. The van der Waals surface area contributed by atoms with Crippen LogP contribution in [0.25, 0.3) is 0 Å². The molecular weight excluding hydrogens is 204 g/mol. The fraction of sp³-hybridized carbons (Fsp3) is 0.538. The fourth-order valence-corrected chi connectivity index (χ4v) is 1.73. The SMILES string of the molecule is CCOC(=O)C1(CC=C(C)C)CC=CC1=O. The van der Waals surface area contributed by atoms with Gasteiger partial charge in [-0.2, -0.15) is 0 Å². The van der Waals surface area contributed by atoms with E-state index < -0.39 is 11.4 Å². The van der Waals surface area contributed by atoms with E-state index in [4.69, 9.17) is 4.74 Å². The molecule has 88 valence electrons. The highest BCUT2D eigenvalue weighted by Crippen LogP contribution is 2.36. The molecule has 1 rings (SSSR count). The molecule has 0 aliphatic heterocycles. The number of ether oxygens (including phenoxy) is 1. The predicted molar refractivity (Wildman–Crippen MR) is 61.9 cm³/mol. The number of esters is 1. The molecule has 1 atom stereocenters. The van der Waals surface area contributed by atoms with Gasteiger partial charge in [-0.3, -0.25) is 9.59 Å². The highest BCUT2D eigenvalue weighted by Gasteiger charge is 2.46. The smallest absolute Gasteiger partial charge is 0.320 e. The van der Waals surface area contributed by atoms with Crippen LogP contribution in [0.2, 0.25) is 0 Å². The normalized spacial score (nSPS) is 23.3. The topological polar surface area (TPSA) is 43.4 Å². The zero-order valence-corrected chi connectivity index (χ0v) is 10.1. The average molecular weight is 222 g/mol. The molecule has 3 nitrogen and oxygen atoms in total. The lowest BCUT2D eigenvalue weighted by Crippen LogP contribution is -2.37. The van der Waals surface area contributed by atoms with Crippen molar-refractivity contribution in [3.8, 4) is 0 Å².